The van der Waals surface area contributed by atoms with Crippen molar-refractivity contribution in [3.63, 3.8) is 0 Å². The van der Waals surface area contributed by atoms with Crippen LogP contribution in [0.5, 0.6) is 11.5 Å². The van der Waals surface area contributed by atoms with Crippen LogP contribution in [0.3, 0.4) is 0 Å². The Morgan fingerprint density at radius 2 is 2.15 bits per heavy atom. The van der Waals surface area contributed by atoms with Gasteiger partial charge in [-0.25, -0.2) is 0 Å². The zero-order chi connectivity index (χ0) is 14.5. The van der Waals surface area contributed by atoms with Gasteiger partial charge in [-0.2, -0.15) is 0 Å². The molecule has 2 N–H and O–H groups in total. The Bertz CT molecular complexity index is 584. The molecule has 1 aromatic heterocycles. The van der Waals surface area contributed by atoms with E-state index in [0.717, 1.165) is 27.9 Å². The Morgan fingerprint density at radius 3 is 2.75 bits per heavy atom. The highest BCUT2D eigenvalue weighted by molar-refractivity contribution is 9.10. The SMILES string of the molecule is COc1cc(CCN)cc(Br)c1OCc1cc(C)on1. The zero-order valence-electron chi connectivity index (χ0n) is 11.5. The number of ether oxygens (including phenoxy) is 2. The molecule has 5 nitrogen and oxygen atoms in total. The molecule has 0 aliphatic rings. The Labute approximate surface area is 126 Å². The van der Waals surface area contributed by atoms with E-state index in [-0.39, 0.29) is 0 Å². The van der Waals surface area contributed by atoms with Gasteiger partial charge in [0.2, 0.25) is 0 Å². The van der Waals surface area contributed by atoms with Crippen molar-refractivity contribution in [2.45, 2.75) is 20.0 Å². The molecule has 1 aromatic carbocycles. The van der Waals surface area contributed by atoms with Crippen molar-refractivity contribution in [2.75, 3.05) is 13.7 Å². The summed E-state index contributed by atoms with van der Waals surface area (Å²) in [5, 5.41) is 3.89. The Morgan fingerprint density at radius 1 is 1.35 bits per heavy atom. The van der Waals surface area contributed by atoms with Gasteiger partial charge in [0.25, 0.3) is 0 Å². The fourth-order valence-electron chi connectivity index (χ4n) is 1.86. The number of halogens is 1. The molecule has 0 spiro atoms. The smallest absolute Gasteiger partial charge is 0.175 e. The summed E-state index contributed by atoms with van der Waals surface area (Å²) < 4.78 is 17.0. The summed E-state index contributed by atoms with van der Waals surface area (Å²) in [6.45, 7) is 2.76. The van der Waals surface area contributed by atoms with E-state index < -0.39 is 0 Å². The molecule has 0 fully saturated rings. The van der Waals surface area contributed by atoms with Crippen molar-refractivity contribution in [3.8, 4) is 11.5 Å². The van der Waals surface area contributed by atoms with Gasteiger partial charge in [-0.15, -0.1) is 0 Å². The van der Waals surface area contributed by atoms with E-state index in [4.69, 9.17) is 19.7 Å². The molecule has 0 unspecified atom stereocenters. The average Bonchev–Trinajstić information content (AvgIpc) is 2.83. The van der Waals surface area contributed by atoms with E-state index in [1.165, 1.54) is 0 Å². The fraction of sp³-hybridized carbons (Fsp3) is 0.357. The lowest BCUT2D eigenvalue weighted by atomic mass is 10.1. The van der Waals surface area contributed by atoms with Gasteiger partial charge in [-0.1, -0.05) is 5.16 Å². The van der Waals surface area contributed by atoms with Crippen molar-refractivity contribution in [1.29, 1.82) is 0 Å². The molecule has 20 heavy (non-hydrogen) atoms. The average molecular weight is 341 g/mol. The Kier molecular flexibility index (Phi) is 5.03. The summed E-state index contributed by atoms with van der Waals surface area (Å²) in [7, 11) is 1.61. The summed E-state index contributed by atoms with van der Waals surface area (Å²) >= 11 is 3.50. The highest BCUT2D eigenvalue weighted by Crippen LogP contribution is 2.37. The van der Waals surface area contributed by atoms with Crippen LogP contribution in [-0.4, -0.2) is 18.8 Å². The number of nitrogens with zero attached hydrogens (tertiary/aromatic N) is 1. The lowest BCUT2D eigenvalue weighted by Crippen LogP contribution is -2.04. The van der Waals surface area contributed by atoms with Crippen LogP contribution in [0.25, 0.3) is 0 Å². The maximum Gasteiger partial charge on any atom is 0.175 e. The number of aryl methyl sites for hydroxylation is 1. The van der Waals surface area contributed by atoms with Gasteiger partial charge in [0, 0.05) is 6.07 Å². The highest BCUT2D eigenvalue weighted by Gasteiger charge is 2.12. The van der Waals surface area contributed by atoms with Crippen molar-refractivity contribution >= 4 is 15.9 Å². The minimum Gasteiger partial charge on any atom is -0.493 e. The number of nitrogens with two attached hydrogens (primary N) is 1. The molecule has 0 saturated carbocycles. The predicted molar refractivity (Wildman–Crippen MR) is 79.0 cm³/mol. The van der Waals surface area contributed by atoms with Crippen LogP contribution >= 0.6 is 15.9 Å². The first kappa shape index (κ1) is 14.9. The third-order valence-electron chi connectivity index (χ3n) is 2.76. The summed E-state index contributed by atoms with van der Waals surface area (Å²) in [4.78, 5) is 0. The predicted octanol–water partition coefficient (Wildman–Crippen LogP) is 2.83. The first-order chi connectivity index (χ1) is 9.63. The molecular weight excluding hydrogens is 324 g/mol. The number of hydrogen-bond donors (Lipinski definition) is 1. The first-order valence-electron chi connectivity index (χ1n) is 6.25. The van der Waals surface area contributed by atoms with Crippen LogP contribution in [0.2, 0.25) is 0 Å². The molecule has 0 aliphatic carbocycles. The van der Waals surface area contributed by atoms with Crippen LogP contribution in [0.4, 0.5) is 0 Å². The number of methoxy groups -OCH3 is 1. The molecule has 6 heteroatoms. The molecule has 0 saturated heterocycles. The molecule has 2 aromatic rings. The summed E-state index contributed by atoms with van der Waals surface area (Å²) in [6, 6.07) is 5.75. The standard InChI is InChI=1S/C14H17BrN2O3/c1-9-5-11(17-20-9)8-19-14-12(15)6-10(3-4-16)7-13(14)18-2/h5-7H,3-4,8,16H2,1-2H3. The summed E-state index contributed by atoms with van der Waals surface area (Å²) in [5.41, 5.74) is 7.41. The number of aromatic nitrogens is 1. The quantitative estimate of drug-likeness (QED) is 0.875. The number of benzene rings is 1. The van der Waals surface area contributed by atoms with E-state index >= 15 is 0 Å². The van der Waals surface area contributed by atoms with Crippen LogP contribution in [0.1, 0.15) is 17.0 Å². The molecule has 108 valence electrons. The van der Waals surface area contributed by atoms with E-state index in [1.54, 1.807) is 7.11 Å². The second-order valence-electron chi connectivity index (χ2n) is 4.37. The fourth-order valence-corrected chi connectivity index (χ4v) is 2.46. The maximum atomic E-state index is 5.77. The molecular formula is C14H17BrN2O3. The van der Waals surface area contributed by atoms with Crippen molar-refractivity contribution in [2.24, 2.45) is 5.73 Å². The summed E-state index contributed by atoms with van der Waals surface area (Å²) in [5.74, 6) is 2.07. The molecule has 2 rings (SSSR count). The lowest BCUT2D eigenvalue weighted by Gasteiger charge is -2.13. The third kappa shape index (κ3) is 3.52. The molecule has 0 bridgehead atoms. The van der Waals surface area contributed by atoms with Crippen LogP contribution in [-0.2, 0) is 13.0 Å². The van der Waals surface area contributed by atoms with Crippen molar-refractivity contribution in [1.82, 2.24) is 5.16 Å². The second-order valence-corrected chi connectivity index (χ2v) is 5.22. The van der Waals surface area contributed by atoms with Gasteiger partial charge < -0.3 is 19.7 Å². The number of hydrogen-bond acceptors (Lipinski definition) is 5. The van der Waals surface area contributed by atoms with Gasteiger partial charge in [-0.05, 0) is 53.5 Å². The van der Waals surface area contributed by atoms with E-state index in [2.05, 4.69) is 21.1 Å². The van der Waals surface area contributed by atoms with Crippen LogP contribution in [0, 0.1) is 6.92 Å². The van der Waals surface area contributed by atoms with Gasteiger partial charge in [0.05, 0.1) is 11.6 Å². The molecule has 0 radical (unpaired) electrons. The highest BCUT2D eigenvalue weighted by atomic mass is 79.9. The van der Waals surface area contributed by atoms with E-state index in [1.807, 2.05) is 25.1 Å². The summed E-state index contributed by atoms with van der Waals surface area (Å²) in [6.07, 6.45) is 0.789. The van der Waals surface area contributed by atoms with E-state index in [0.29, 0.717) is 24.7 Å². The zero-order valence-corrected chi connectivity index (χ0v) is 13.1. The minimum atomic E-state index is 0.322. The molecule has 1 heterocycles. The molecule has 0 atom stereocenters. The minimum absolute atomic E-state index is 0.322. The van der Waals surface area contributed by atoms with Gasteiger partial charge >= 0.3 is 0 Å². The molecule has 0 aliphatic heterocycles. The molecule has 0 amide bonds. The van der Waals surface area contributed by atoms with Gasteiger partial charge in [0.15, 0.2) is 11.5 Å². The maximum absolute atomic E-state index is 5.77. The monoisotopic (exact) mass is 340 g/mol. The van der Waals surface area contributed by atoms with Gasteiger partial charge in [-0.3, -0.25) is 0 Å². The largest absolute Gasteiger partial charge is 0.493 e. The Balaban J connectivity index is 2.17. The Hall–Kier alpha value is -1.53. The van der Waals surface area contributed by atoms with Crippen LogP contribution in [0.15, 0.2) is 27.2 Å². The lowest BCUT2D eigenvalue weighted by molar-refractivity contribution is 0.269. The van der Waals surface area contributed by atoms with Crippen molar-refractivity contribution in [3.05, 3.63) is 39.7 Å². The van der Waals surface area contributed by atoms with Gasteiger partial charge in [0.1, 0.15) is 18.1 Å². The topological polar surface area (TPSA) is 70.5 Å². The van der Waals surface area contributed by atoms with Crippen molar-refractivity contribution < 1.29 is 14.0 Å². The van der Waals surface area contributed by atoms with E-state index in [9.17, 15) is 0 Å². The number of rotatable bonds is 6. The normalized spacial score (nSPS) is 10.6. The van der Waals surface area contributed by atoms with Crippen LogP contribution < -0.4 is 15.2 Å². The first-order valence-corrected chi connectivity index (χ1v) is 7.04. The third-order valence-corrected chi connectivity index (χ3v) is 3.35. The second kappa shape index (κ2) is 6.76.